The first-order valence-corrected chi connectivity index (χ1v) is 12.5. The molecule has 4 N–H and O–H groups in total. The maximum atomic E-state index is 11.4. The Kier molecular flexibility index (Phi) is 8.71. The molecule has 1 aliphatic heterocycles. The van der Waals surface area contributed by atoms with Crippen LogP contribution in [0, 0.1) is 0 Å². The summed E-state index contributed by atoms with van der Waals surface area (Å²) in [5.41, 5.74) is 4.11. The van der Waals surface area contributed by atoms with Crippen molar-refractivity contribution in [3.05, 3.63) is 64.3 Å². The number of halogens is 1. The lowest BCUT2D eigenvalue weighted by molar-refractivity contribution is -0.202. The molecule has 0 aliphatic carbocycles. The third-order valence-electron chi connectivity index (χ3n) is 6.12. The minimum absolute atomic E-state index is 0.0112. The van der Waals surface area contributed by atoms with Gasteiger partial charge in [-0.2, -0.15) is 0 Å². The first kappa shape index (κ1) is 26.2. The number of nitrogens with one attached hydrogen (secondary N) is 2. The number of aromatic amines is 1. The van der Waals surface area contributed by atoms with E-state index < -0.39 is 18.6 Å². The second-order valence-corrected chi connectivity index (χ2v) is 8.95. The molecule has 3 aromatic rings. The molecule has 2 heterocycles. The van der Waals surface area contributed by atoms with Gasteiger partial charge in [0.05, 0.1) is 19.2 Å². The van der Waals surface area contributed by atoms with Gasteiger partial charge in [-0.3, -0.25) is 0 Å². The molecule has 9 nitrogen and oxygen atoms in total. The van der Waals surface area contributed by atoms with Crippen LogP contribution in [0.3, 0.4) is 0 Å². The maximum absolute atomic E-state index is 11.4. The van der Waals surface area contributed by atoms with Crippen LogP contribution in [-0.2, 0) is 15.9 Å². The molecular formula is C26H32ClN3O6. The van der Waals surface area contributed by atoms with Gasteiger partial charge in [0.25, 0.3) is 0 Å². The predicted octanol–water partition coefficient (Wildman–Crippen LogP) is 3.57. The average Bonchev–Trinajstić information content (AvgIpc) is 3.24. The van der Waals surface area contributed by atoms with Gasteiger partial charge in [-0.15, -0.1) is 0 Å². The molecule has 0 saturated carbocycles. The highest BCUT2D eigenvalue weighted by atomic mass is 35.5. The molecule has 194 valence electrons. The number of alkyl carbamates (subject to hydrolysis) is 1. The second kappa shape index (κ2) is 11.9. The van der Waals surface area contributed by atoms with E-state index in [0.717, 1.165) is 28.6 Å². The fraction of sp³-hybridized carbons (Fsp3) is 0.423. The van der Waals surface area contributed by atoms with Gasteiger partial charge in [0.2, 0.25) is 6.41 Å². The van der Waals surface area contributed by atoms with Crippen molar-refractivity contribution >= 4 is 28.6 Å². The van der Waals surface area contributed by atoms with Crippen LogP contribution in [0.15, 0.2) is 42.5 Å². The highest BCUT2D eigenvalue weighted by Crippen LogP contribution is 2.40. The van der Waals surface area contributed by atoms with Gasteiger partial charge in [-0.1, -0.05) is 23.7 Å². The zero-order chi connectivity index (χ0) is 25.7. The molecule has 0 fully saturated rings. The number of benzene rings is 2. The summed E-state index contributed by atoms with van der Waals surface area (Å²) in [5, 5.41) is 25.1. The van der Waals surface area contributed by atoms with Gasteiger partial charge in [0.15, 0.2) is 0 Å². The third-order valence-corrected chi connectivity index (χ3v) is 6.36. The molecule has 1 aliphatic rings. The van der Waals surface area contributed by atoms with Gasteiger partial charge in [-0.05, 0) is 61.7 Å². The van der Waals surface area contributed by atoms with Gasteiger partial charge >= 0.3 is 6.09 Å². The topological polar surface area (TPSA) is 116 Å². The number of hydrogen-bond donors (Lipinski definition) is 4. The number of aliphatic hydroxyl groups is 2. The molecule has 3 atom stereocenters. The Balaban J connectivity index is 1.52. The Labute approximate surface area is 214 Å². The fourth-order valence-electron chi connectivity index (χ4n) is 4.50. The predicted molar refractivity (Wildman–Crippen MR) is 136 cm³/mol. The first-order valence-electron chi connectivity index (χ1n) is 12.1. The van der Waals surface area contributed by atoms with E-state index in [1.54, 1.807) is 6.92 Å². The first-order chi connectivity index (χ1) is 17.4. The molecule has 0 spiro atoms. The number of fused-ring (bicyclic) bond motifs is 3. The molecule has 0 radical (unpaired) electrons. The molecule has 1 amide bonds. The van der Waals surface area contributed by atoms with Crippen molar-refractivity contribution in [1.29, 1.82) is 0 Å². The number of H-pyrrole nitrogens is 1. The van der Waals surface area contributed by atoms with E-state index >= 15 is 0 Å². The van der Waals surface area contributed by atoms with E-state index in [1.165, 1.54) is 5.56 Å². The van der Waals surface area contributed by atoms with Gasteiger partial charge < -0.3 is 34.7 Å². The van der Waals surface area contributed by atoms with Gasteiger partial charge in [0, 0.05) is 34.8 Å². The van der Waals surface area contributed by atoms with Crippen molar-refractivity contribution < 1.29 is 29.2 Å². The van der Waals surface area contributed by atoms with E-state index in [4.69, 9.17) is 25.8 Å². The summed E-state index contributed by atoms with van der Waals surface area (Å²) in [6.07, 6.45) is -1.77. The number of rotatable bonds is 10. The lowest BCUT2D eigenvalue weighted by Gasteiger charge is -2.38. The van der Waals surface area contributed by atoms with Crippen molar-refractivity contribution in [2.75, 3.05) is 32.9 Å². The zero-order valence-corrected chi connectivity index (χ0v) is 21.1. The molecule has 0 saturated heterocycles. The smallest absolute Gasteiger partial charge is 0.407 e. The molecule has 36 heavy (non-hydrogen) atoms. The van der Waals surface area contributed by atoms with Crippen molar-refractivity contribution in [2.45, 2.75) is 38.8 Å². The van der Waals surface area contributed by atoms with E-state index in [2.05, 4.69) is 10.3 Å². The minimum atomic E-state index is -1.05. The normalized spacial score (nSPS) is 17.4. The Hall–Kier alpha value is -2.82. The number of hydrogen-bond acceptors (Lipinski definition) is 7. The standard InChI is InChI=1S/C26H32ClN3O6/c1-3-34-25(32)28-14-18(31)15-36-19-8-5-16(6-9-19)24-23-20(11-12-30(24)26(33)35-4-2)21-13-17(27)7-10-22(21)29-23/h5-10,13,18,24,26,29,31,33H,3-4,11-12,14-15H2,1-2H3,(H,28,32)/t18-,24+,26?/m1/s1. The molecule has 1 aromatic heterocycles. The van der Waals surface area contributed by atoms with Crippen molar-refractivity contribution in [3.8, 4) is 5.75 Å². The number of ether oxygens (including phenoxy) is 3. The molecule has 1 unspecified atom stereocenters. The zero-order valence-electron chi connectivity index (χ0n) is 20.4. The lowest BCUT2D eigenvalue weighted by atomic mass is 9.92. The van der Waals surface area contributed by atoms with Gasteiger partial charge in [-0.25, -0.2) is 9.69 Å². The summed E-state index contributed by atoms with van der Waals surface area (Å²) in [6.45, 7) is 4.85. The lowest BCUT2D eigenvalue weighted by Crippen LogP contribution is -2.44. The molecule has 2 aromatic carbocycles. The number of aromatic nitrogens is 1. The average molecular weight is 518 g/mol. The SMILES string of the molecule is CCOC(=O)NC[C@@H](O)COc1ccc([C@H]2c3[nH]c4ccc(Cl)cc4c3CCN2C(O)OCC)cc1. The van der Waals surface area contributed by atoms with Crippen LogP contribution in [0.4, 0.5) is 4.79 Å². The fourth-order valence-corrected chi connectivity index (χ4v) is 4.67. The van der Waals surface area contributed by atoms with Crippen LogP contribution in [0.2, 0.25) is 5.02 Å². The number of aliphatic hydroxyl groups excluding tert-OH is 2. The van der Waals surface area contributed by atoms with E-state index in [-0.39, 0.29) is 25.8 Å². The van der Waals surface area contributed by atoms with Crippen LogP contribution >= 0.6 is 11.6 Å². The van der Waals surface area contributed by atoms with Crippen LogP contribution in [0.5, 0.6) is 5.75 Å². The van der Waals surface area contributed by atoms with Crippen LogP contribution in [0.25, 0.3) is 10.9 Å². The molecule has 0 bridgehead atoms. The number of amides is 1. The third kappa shape index (κ3) is 5.93. The second-order valence-electron chi connectivity index (χ2n) is 8.51. The summed E-state index contributed by atoms with van der Waals surface area (Å²) >= 11 is 6.27. The van der Waals surface area contributed by atoms with E-state index in [0.29, 0.717) is 23.9 Å². The van der Waals surface area contributed by atoms with E-state index in [1.807, 2.05) is 54.3 Å². The van der Waals surface area contributed by atoms with Gasteiger partial charge in [0.1, 0.15) is 18.5 Å². The summed E-state index contributed by atoms with van der Waals surface area (Å²) < 4.78 is 16.0. The molecule has 10 heteroatoms. The van der Waals surface area contributed by atoms with Crippen molar-refractivity contribution in [3.63, 3.8) is 0 Å². The number of nitrogens with zero attached hydrogens (tertiary/aromatic N) is 1. The highest BCUT2D eigenvalue weighted by Gasteiger charge is 2.35. The summed E-state index contributed by atoms with van der Waals surface area (Å²) in [5.74, 6) is 0.574. The highest BCUT2D eigenvalue weighted by molar-refractivity contribution is 6.31. The quantitative estimate of drug-likeness (QED) is 0.304. The van der Waals surface area contributed by atoms with Crippen LogP contribution in [-0.4, -0.2) is 71.6 Å². The Morgan fingerprint density at radius 1 is 1.19 bits per heavy atom. The maximum Gasteiger partial charge on any atom is 0.407 e. The Bertz CT molecular complexity index is 1170. The van der Waals surface area contributed by atoms with Crippen LogP contribution < -0.4 is 10.1 Å². The van der Waals surface area contributed by atoms with Crippen LogP contribution in [0.1, 0.15) is 36.7 Å². The number of carbonyl (C=O) groups excluding carboxylic acids is 1. The summed E-state index contributed by atoms with van der Waals surface area (Å²) in [7, 11) is 0. The Morgan fingerprint density at radius 3 is 2.69 bits per heavy atom. The molecule has 4 rings (SSSR count). The monoisotopic (exact) mass is 517 g/mol. The molecular weight excluding hydrogens is 486 g/mol. The largest absolute Gasteiger partial charge is 0.491 e. The van der Waals surface area contributed by atoms with Crippen molar-refractivity contribution in [2.24, 2.45) is 0 Å². The van der Waals surface area contributed by atoms with Crippen molar-refractivity contribution in [1.82, 2.24) is 15.2 Å². The number of carbonyl (C=O) groups is 1. The van der Waals surface area contributed by atoms with E-state index in [9.17, 15) is 15.0 Å². The Morgan fingerprint density at radius 2 is 1.97 bits per heavy atom. The minimum Gasteiger partial charge on any atom is -0.491 e. The summed E-state index contributed by atoms with van der Waals surface area (Å²) in [6, 6.07) is 13.0. The summed E-state index contributed by atoms with van der Waals surface area (Å²) in [4.78, 5) is 16.8.